The molecule has 156 valence electrons. The van der Waals surface area contributed by atoms with Crippen molar-refractivity contribution in [3.8, 4) is 0 Å². The van der Waals surface area contributed by atoms with E-state index < -0.39 is 0 Å². The number of hydrogen-bond donors (Lipinski definition) is 3. The van der Waals surface area contributed by atoms with E-state index in [0.29, 0.717) is 18.0 Å². The summed E-state index contributed by atoms with van der Waals surface area (Å²) in [5.74, 6) is 1.82. The van der Waals surface area contributed by atoms with Gasteiger partial charge in [-0.2, -0.15) is 9.61 Å². The third kappa shape index (κ3) is 3.03. The highest BCUT2D eigenvalue weighted by molar-refractivity contribution is 9.10. The average Bonchev–Trinajstić information content (AvgIpc) is 3.04. The van der Waals surface area contributed by atoms with Gasteiger partial charge >= 0.3 is 0 Å². The topological polar surface area (TPSA) is 80.3 Å². The van der Waals surface area contributed by atoms with E-state index in [-0.39, 0.29) is 5.41 Å². The van der Waals surface area contributed by atoms with Gasteiger partial charge in [0.1, 0.15) is 5.82 Å². The Morgan fingerprint density at radius 2 is 1.97 bits per heavy atom. The summed E-state index contributed by atoms with van der Waals surface area (Å²) in [6.07, 6.45) is 14.2. The molecule has 3 fully saturated rings. The van der Waals surface area contributed by atoms with Crippen LogP contribution in [0.4, 0.5) is 5.82 Å². The van der Waals surface area contributed by atoms with Crippen LogP contribution in [-0.2, 0) is 11.8 Å². The Labute approximate surface area is 180 Å². The molecule has 0 aliphatic heterocycles. The molecular weight excluding hydrogens is 428 g/mol. The third-order valence-corrected chi connectivity index (χ3v) is 8.51. The number of nitrogens with one attached hydrogen (secondary N) is 2. The fourth-order valence-electron chi connectivity index (χ4n) is 6.24. The monoisotopic (exact) mass is 458 g/mol. The molecule has 1 spiro atoms. The summed E-state index contributed by atoms with van der Waals surface area (Å²) in [6.45, 7) is 1.12. The molecular formula is C22H31BrN6. The van der Waals surface area contributed by atoms with Crippen LogP contribution in [0.2, 0.25) is 0 Å². The summed E-state index contributed by atoms with van der Waals surface area (Å²) in [5, 5.41) is 12.4. The van der Waals surface area contributed by atoms with E-state index in [4.69, 9.17) is 10.7 Å². The highest BCUT2D eigenvalue weighted by Gasteiger charge is 2.51. The average molecular weight is 459 g/mol. The van der Waals surface area contributed by atoms with Crippen molar-refractivity contribution in [1.29, 1.82) is 0 Å². The van der Waals surface area contributed by atoms with E-state index in [1.807, 2.05) is 10.7 Å². The first kappa shape index (κ1) is 18.6. The normalized spacial score (nSPS) is 30.5. The zero-order valence-corrected chi connectivity index (χ0v) is 18.5. The molecule has 0 bridgehead atoms. The molecule has 7 heteroatoms. The Hall–Kier alpha value is -1.18. The van der Waals surface area contributed by atoms with Crippen molar-refractivity contribution in [2.24, 2.45) is 11.7 Å². The Kier molecular flexibility index (Phi) is 4.44. The molecule has 0 saturated heterocycles. The van der Waals surface area contributed by atoms with Crippen molar-refractivity contribution in [1.82, 2.24) is 19.9 Å². The van der Waals surface area contributed by atoms with Gasteiger partial charge in [-0.05, 0) is 79.8 Å². The van der Waals surface area contributed by atoms with E-state index >= 15 is 0 Å². The second-order valence-electron chi connectivity index (χ2n) is 9.88. The van der Waals surface area contributed by atoms with Crippen molar-refractivity contribution >= 4 is 27.4 Å². The number of anilines is 1. The van der Waals surface area contributed by atoms with Gasteiger partial charge in [0.05, 0.1) is 16.4 Å². The molecule has 4 aliphatic rings. The molecule has 0 radical (unpaired) electrons. The highest BCUT2D eigenvalue weighted by atomic mass is 79.9. The Morgan fingerprint density at radius 1 is 1.17 bits per heavy atom. The van der Waals surface area contributed by atoms with Gasteiger partial charge in [0.2, 0.25) is 0 Å². The van der Waals surface area contributed by atoms with E-state index in [0.717, 1.165) is 48.4 Å². The van der Waals surface area contributed by atoms with Gasteiger partial charge in [-0.3, -0.25) is 0 Å². The van der Waals surface area contributed by atoms with Crippen molar-refractivity contribution in [3.63, 3.8) is 0 Å². The van der Waals surface area contributed by atoms with Crippen LogP contribution in [0.1, 0.15) is 69.0 Å². The maximum Gasteiger partial charge on any atom is 0.171 e. The molecule has 2 aromatic rings. The van der Waals surface area contributed by atoms with Crippen LogP contribution in [0.3, 0.4) is 0 Å². The summed E-state index contributed by atoms with van der Waals surface area (Å²) in [7, 11) is 0. The number of rotatable bonds is 5. The van der Waals surface area contributed by atoms with E-state index in [2.05, 4.69) is 31.7 Å². The lowest BCUT2D eigenvalue weighted by Gasteiger charge is -2.32. The fourth-order valence-corrected chi connectivity index (χ4v) is 6.59. The summed E-state index contributed by atoms with van der Waals surface area (Å²) < 4.78 is 3.02. The number of nitrogens with two attached hydrogens (primary N) is 1. The second kappa shape index (κ2) is 6.92. The van der Waals surface area contributed by atoms with Crippen LogP contribution in [-0.4, -0.2) is 39.3 Å². The first-order valence-corrected chi connectivity index (χ1v) is 12.3. The van der Waals surface area contributed by atoms with Gasteiger partial charge in [-0.25, -0.2) is 4.98 Å². The molecule has 3 atom stereocenters. The van der Waals surface area contributed by atoms with Gasteiger partial charge in [0, 0.05) is 29.1 Å². The number of nitrogens with zero attached hydrogens (tertiary/aromatic N) is 3. The third-order valence-electron chi connectivity index (χ3n) is 7.95. The van der Waals surface area contributed by atoms with Gasteiger partial charge < -0.3 is 16.4 Å². The first-order chi connectivity index (χ1) is 14.1. The minimum Gasteiger partial charge on any atom is -0.367 e. The maximum absolute atomic E-state index is 6.21. The largest absolute Gasteiger partial charge is 0.367 e. The molecule has 3 saturated carbocycles. The lowest BCUT2D eigenvalue weighted by Crippen LogP contribution is -2.37. The molecule has 4 N–H and O–H groups in total. The molecule has 0 aromatic carbocycles. The van der Waals surface area contributed by atoms with Crippen LogP contribution < -0.4 is 16.4 Å². The van der Waals surface area contributed by atoms with Crippen LogP contribution in [0.15, 0.2) is 10.7 Å². The lowest BCUT2D eigenvalue weighted by atomic mass is 9.75. The SMILES string of the molecule is N[C@H]1CC[C@H](Nc2c3c(nc4c(Br)cnn24)C2(CCCC2)C(CNC2CC2)C3)C1. The van der Waals surface area contributed by atoms with Crippen LogP contribution >= 0.6 is 15.9 Å². The van der Waals surface area contributed by atoms with Gasteiger partial charge in [0.15, 0.2) is 5.65 Å². The standard InChI is InChI=1S/C22H31BrN6/c23-18-12-26-29-20(27-16-4-3-14(24)10-16)17-9-13(11-25-15-5-6-15)22(7-1-2-8-22)19(17)28-21(18)29/h12-16,25,27H,1-11,24H2/t13?,14-,16-/m0/s1. The van der Waals surface area contributed by atoms with E-state index in [1.165, 1.54) is 55.6 Å². The molecule has 6 nitrogen and oxygen atoms in total. The van der Waals surface area contributed by atoms with Crippen molar-refractivity contribution < 1.29 is 0 Å². The van der Waals surface area contributed by atoms with Crippen molar-refractivity contribution in [3.05, 3.63) is 21.9 Å². The minimum atomic E-state index is 0.241. The van der Waals surface area contributed by atoms with E-state index in [9.17, 15) is 0 Å². The van der Waals surface area contributed by atoms with Crippen LogP contribution in [0.25, 0.3) is 5.65 Å². The Morgan fingerprint density at radius 3 is 2.69 bits per heavy atom. The van der Waals surface area contributed by atoms with Gasteiger partial charge in [-0.15, -0.1) is 0 Å². The zero-order chi connectivity index (χ0) is 19.6. The lowest BCUT2D eigenvalue weighted by molar-refractivity contribution is 0.282. The number of aromatic nitrogens is 3. The van der Waals surface area contributed by atoms with E-state index in [1.54, 1.807) is 0 Å². The number of halogens is 1. The molecule has 0 amide bonds. The van der Waals surface area contributed by atoms with Crippen LogP contribution in [0, 0.1) is 5.92 Å². The summed E-state index contributed by atoms with van der Waals surface area (Å²) in [4.78, 5) is 5.25. The van der Waals surface area contributed by atoms with Gasteiger partial charge in [0.25, 0.3) is 0 Å². The number of hydrogen-bond acceptors (Lipinski definition) is 5. The van der Waals surface area contributed by atoms with Gasteiger partial charge in [-0.1, -0.05) is 12.8 Å². The number of fused-ring (bicyclic) bond motifs is 3. The summed E-state index contributed by atoms with van der Waals surface area (Å²) >= 11 is 3.70. The first-order valence-electron chi connectivity index (χ1n) is 11.5. The smallest absolute Gasteiger partial charge is 0.171 e. The zero-order valence-electron chi connectivity index (χ0n) is 17.0. The summed E-state index contributed by atoms with van der Waals surface area (Å²) in [6, 6.07) is 1.51. The van der Waals surface area contributed by atoms with Crippen LogP contribution in [0.5, 0.6) is 0 Å². The Bertz CT molecular complexity index is 929. The van der Waals surface area contributed by atoms with Crippen molar-refractivity contribution in [2.75, 3.05) is 11.9 Å². The quantitative estimate of drug-likeness (QED) is 0.638. The highest BCUT2D eigenvalue weighted by Crippen LogP contribution is 2.54. The predicted octanol–water partition coefficient (Wildman–Crippen LogP) is 3.52. The molecule has 2 heterocycles. The predicted molar refractivity (Wildman–Crippen MR) is 118 cm³/mol. The molecule has 4 aliphatic carbocycles. The Balaban J connectivity index is 1.44. The molecule has 2 aromatic heterocycles. The minimum absolute atomic E-state index is 0.241. The second-order valence-corrected chi connectivity index (χ2v) is 10.7. The molecule has 1 unspecified atom stereocenters. The van der Waals surface area contributed by atoms with Crippen molar-refractivity contribution in [2.45, 2.75) is 87.7 Å². The molecule has 29 heavy (non-hydrogen) atoms. The maximum atomic E-state index is 6.21. The molecule has 6 rings (SSSR count). The summed E-state index contributed by atoms with van der Waals surface area (Å²) in [5.41, 5.74) is 10.2. The fraction of sp³-hybridized carbons (Fsp3) is 0.727.